The van der Waals surface area contributed by atoms with Crippen molar-refractivity contribution in [3.63, 3.8) is 0 Å². The summed E-state index contributed by atoms with van der Waals surface area (Å²) >= 11 is 0. The quantitative estimate of drug-likeness (QED) is 0.726. The van der Waals surface area contributed by atoms with Gasteiger partial charge in [0.15, 0.2) is 0 Å². The lowest BCUT2D eigenvalue weighted by atomic mass is 9.93. The minimum atomic E-state index is -3.84. The van der Waals surface area contributed by atoms with E-state index >= 15 is 0 Å². The first kappa shape index (κ1) is 17.8. The fourth-order valence-electron chi connectivity index (χ4n) is 2.42. The molecule has 128 valence electrons. The van der Waals surface area contributed by atoms with Crippen LogP contribution in [0.1, 0.15) is 31.2 Å². The molecule has 1 N–H and O–H groups in total. The zero-order chi connectivity index (χ0) is 17.2. The predicted octanol–water partition coefficient (Wildman–Crippen LogP) is 1.81. The normalized spacial score (nSPS) is 18.9. The second-order valence-corrected chi connectivity index (χ2v) is 7.71. The molecule has 6 nitrogen and oxygen atoms in total. The summed E-state index contributed by atoms with van der Waals surface area (Å²) in [5.74, 6) is -2.14. The zero-order valence-corrected chi connectivity index (χ0v) is 13.8. The van der Waals surface area contributed by atoms with E-state index in [0.29, 0.717) is 18.6 Å². The van der Waals surface area contributed by atoms with Crippen molar-refractivity contribution < 1.29 is 27.4 Å². The van der Waals surface area contributed by atoms with Crippen molar-refractivity contribution in [2.75, 3.05) is 20.2 Å². The molecule has 0 saturated carbocycles. The molecular formula is C15H20FNO5S. The Balaban J connectivity index is 2.33. The van der Waals surface area contributed by atoms with Gasteiger partial charge in [-0.2, -0.15) is 4.31 Å². The number of carbonyl (C=O) groups is 1. The highest BCUT2D eigenvalue weighted by Gasteiger charge is 2.31. The summed E-state index contributed by atoms with van der Waals surface area (Å²) in [6.07, 6.45) is 0.185. The average molecular weight is 345 g/mol. The highest BCUT2D eigenvalue weighted by molar-refractivity contribution is 7.89. The van der Waals surface area contributed by atoms with Crippen LogP contribution in [0.2, 0.25) is 0 Å². The van der Waals surface area contributed by atoms with Gasteiger partial charge in [0.1, 0.15) is 5.82 Å². The molecule has 0 spiro atoms. The fraction of sp³-hybridized carbons (Fsp3) is 0.533. The number of aliphatic carboxylic acids is 1. The van der Waals surface area contributed by atoms with Crippen LogP contribution in [0.3, 0.4) is 0 Å². The fourth-order valence-corrected chi connectivity index (χ4v) is 3.68. The Morgan fingerprint density at radius 2 is 2.13 bits per heavy atom. The third-order valence-corrected chi connectivity index (χ3v) is 5.65. The second kappa shape index (κ2) is 6.94. The monoisotopic (exact) mass is 345 g/mol. The van der Waals surface area contributed by atoms with Crippen LogP contribution >= 0.6 is 0 Å². The molecule has 1 saturated heterocycles. The van der Waals surface area contributed by atoms with E-state index < -0.39 is 27.7 Å². The smallest absolute Gasteiger partial charge is 0.303 e. The first-order chi connectivity index (χ1) is 10.7. The molecule has 0 aliphatic carbocycles. The third-order valence-electron chi connectivity index (χ3n) is 3.85. The Bertz CT molecular complexity index is 687. The van der Waals surface area contributed by atoms with Gasteiger partial charge in [-0.3, -0.25) is 4.79 Å². The van der Waals surface area contributed by atoms with Crippen molar-refractivity contribution in [3.8, 4) is 0 Å². The maximum absolute atomic E-state index is 13.9. The Kier molecular flexibility index (Phi) is 5.38. The Labute approximate surface area is 134 Å². The summed E-state index contributed by atoms with van der Waals surface area (Å²) in [5, 5.41) is 8.93. The Morgan fingerprint density at radius 3 is 2.65 bits per heavy atom. The Morgan fingerprint density at radius 1 is 1.48 bits per heavy atom. The van der Waals surface area contributed by atoms with Gasteiger partial charge in [-0.15, -0.1) is 0 Å². The summed E-state index contributed by atoms with van der Waals surface area (Å²) in [4.78, 5) is 10.7. The molecule has 23 heavy (non-hydrogen) atoms. The first-order valence-electron chi connectivity index (χ1n) is 7.34. The molecule has 0 bridgehead atoms. The van der Waals surface area contributed by atoms with Crippen molar-refractivity contribution in [2.45, 2.75) is 36.7 Å². The van der Waals surface area contributed by atoms with Gasteiger partial charge in [0.05, 0.1) is 24.0 Å². The molecule has 2 atom stereocenters. The van der Waals surface area contributed by atoms with Crippen molar-refractivity contribution in [1.82, 2.24) is 4.31 Å². The number of ether oxygens (including phenoxy) is 1. The standard InChI is InChI=1S/C15H20FNO5S/c1-3-10(6-15(18)19)11-4-12(16)7-14(5-11)23(20,21)17(2)8-13-9-22-13/h4-5,7,10,13H,3,6,8-9H2,1-2H3,(H,18,19)/t10-,13?/m0/s1. The molecule has 0 amide bonds. The summed E-state index contributed by atoms with van der Waals surface area (Å²) in [6, 6.07) is 3.51. The van der Waals surface area contributed by atoms with Crippen molar-refractivity contribution in [2.24, 2.45) is 0 Å². The van der Waals surface area contributed by atoms with Gasteiger partial charge in [0.25, 0.3) is 0 Å². The van der Waals surface area contributed by atoms with Crippen LogP contribution in [0.4, 0.5) is 4.39 Å². The number of sulfonamides is 1. The molecule has 2 rings (SSSR count). The van der Waals surface area contributed by atoms with Crippen LogP contribution in [-0.2, 0) is 19.6 Å². The van der Waals surface area contributed by atoms with Crippen LogP contribution in [0.5, 0.6) is 0 Å². The molecule has 1 aliphatic rings. The number of nitrogens with zero attached hydrogens (tertiary/aromatic N) is 1. The van der Waals surface area contributed by atoms with E-state index in [1.54, 1.807) is 6.92 Å². The number of benzene rings is 1. The van der Waals surface area contributed by atoms with Crippen LogP contribution in [0.25, 0.3) is 0 Å². The van der Waals surface area contributed by atoms with Gasteiger partial charge < -0.3 is 9.84 Å². The van der Waals surface area contributed by atoms with E-state index in [4.69, 9.17) is 9.84 Å². The number of hydrogen-bond acceptors (Lipinski definition) is 4. The van der Waals surface area contributed by atoms with Crippen LogP contribution in [0, 0.1) is 5.82 Å². The van der Waals surface area contributed by atoms with E-state index in [0.717, 1.165) is 10.4 Å². The minimum Gasteiger partial charge on any atom is -0.481 e. The molecule has 1 unspecified atom stereocenters. The number of rotatable bonds is 8. The highest BCUT2D eigenvalue weighted by Crippen LogP contribution is 2.28. The minimum absolute atomic E-state index is 0.113. The lowest BCUT2D eigenvalue weighted by Crippen LogP contribution is -2.30. The van der Waals surface area contributed by atoms with Crippen molar-refractivity contribution >= 4 is 16.0 Å². The molecule has 0 aromatic heterocycles. The van der Waals surface area contributed by atoms with Crippen molar-refractivity contribution in [3.05, 3.63) is 29.6 Å². The zero-order valence-electron chi connectivity index (χ0n) is 13.0. The maximum atomic E-state index is 13.9. The predicted molar refractivity (Wildman–Crippen MR) is 81.2 cm³/mol. The number of carboxylic acids is 1. The lowest BCUT2D eigenvalue weighted by Gasteiger charge is -2.19. The molecular weight excluding hydrogens is 325 g/mol. The highest BCUT2D eigenvalue weighted by atomic mass is 32.2. The van der Waals surface area contributed by atoms with E-state index in [9.17, 15) is 17.6 Å². The average Bonchev–Trinajstić information content (AvgIpc) is 3.27. The van der Waals surface area contributed by atoms with Crippen LogP contribution in [-0.4, -0.2) is 50.1 Å². The lowest BCUT2D eigenvalue weighted by molar-refractivity contribution is -0.137. The van der Waals surface area contributed by atoms with E-state index in [-0.39, 0.29) is 24.0 Å². The molecule has 1 aromatic rings. The van der Waals surface area contributed by atoms with Crippen LogP contribution < -0.4 is 0 Å². The first-order valence-corrected chi connectivity index (χ1v) is 8.78. The molecule has 1 aliphatic heterocycles. The summed E-state index contributed by atoms with van der Waals surface area (Å²) in [7, 11) is -2.43. The number of likely N-dealkylation sites (N-methyl/N-ethyl adjacent to an activating group) is 1. The van der Waals surface area contributed by atoms with E-state index in [1.165, 1.54) is 19.2 Å². The van der Waals surface area contributed by atoms with E-state index in [1.807, 2.05) is 0 Å². The Hall–Kier alpha value is -1.51. The van der Waals surface area contributed by atoms with Gasteiger partial charge in [-0.05, 0) is 36.1 Å². The van der Waals surface area contributed by atoms with Gasteiger partial charge in [-0.25, -0.2) is 12.8 Å². The van der Waals surface area contributed by atoms with E-state index in [2.05, 4.69) is 0 Å². The van der Waals surface area contributed by atoms with Gasteiger partial charge in [-0.1, -0.05) is 6.92 Å². The number of hydrogen-bond donors (Lipinski definition) is 1. The molecule has 1 fully saturated rings. The molecule has 0 radical (unpaired) electrons. The summed E-state index contributed by atoms with van der Waals surface area (Å²) < 4.78 is 45.1. The third kappa shape index (κ3) is 4.49. The van der Waals surface area contributed by atoms with Crippen molar-refractivity contribution in [1.29, 1.82) is 0 Å². The molecule has 1 aromatic carbocycles. The summed E-state index contributed by atoms with van der Waals surface area (Å²) in [6.45, 7) is 2.51. The number of epoxide rings is 1. The largest absolute Gasteiger partial charge is 0.481 e. The summed E-state index contributed by atoms with van der Waals surface area (Å²) in [5.41, 5.74) is 0.379. The van der Waals surface area contributed by atoms with Gasteiger partial charge in [0.2, 0.25) is 10.0 Å². The molecule has 8 heteroatoms. The second-order valence-electron chi connectivity index (χ2n) is 5.66. The molecule has 1 heterocycles. The van der Waals surface area contributed by atoms with Gasteiger partial charge in [0, 0.05) is 13.6 Å². The topological polar surface area (TPSA) is 87.2 Å². The van der Waals surface area contributed by atoms with Crippen LogP contribution in [0.15, 0.2) is 23.1 Å². The maximum Gasteiger partial charge on any atom is 0.303 e. The van der Waals surface area contributed by atoms with Gasteiger partial charge >= 0.3 is 5.97 Å². The number of carboxylic acid groups (broad SMARTS) is 1. The number of halogens is 1. The SMILES string of the molecule is CC[C@@H](CC(=O)O)c1cc(F)cc(S(=O)(=O)N(C)CC2CO2)c1.